The van der Waals surface area contributed by atoms with Crippen LogP contribution >= 0.6 is 0 Å². The Balaban J connectivity index is 4.66. The first-order valence-electron chi connectivity index (χ1n) is 26.4. The Morgan fingerprint density at radius 2 is 0.914 bits per heavy atom. The molecule has 0 saturated carbocycles. The normalized spacial score (nSPS) is 12.8. The molecule has 0 rings (SSSR count). The molecule has 0 spiro atoms. The van der Waals surface area contributed by atoms with Gasteiger partial charge in [0.2, 0.25) is 0 Å². The van der Waals surface area contributed by atoms with Gasteiger partial charge in [0.25, 0.3) is 0 Å². The van der Waals surface area contributed by atoms with Crippen LogP contribution in [0.15, 0.2) is 24.4 Å². The summed E-state index contributed by atoms with van der Waals surface area (Å²) >= 11 is 0. The van der Waals surface area contributed by atoms with Gasteiger partial charge >= 0.3 is 5.97 Å². The molecule has 2 unspecified atom stereocenters. The Morgan fingerprint density at radius 1 is 0.500 bits per heavy atom. The maximum Gasteiger partial charge on any atom is 0.306 e. The highest BCUT2D eigenvalue weighted by Crippen LogP contribution is 2.27. The lowest BCUT2D eigenvalue weighted by atomic mass is 9.87. The molecule has 0 amide bonds. The van der Waals surface area contributed by atoms with E-state index in [0.717, 1.165) is 44.7 Å². The molecule has 0 fully saturated rings. The highest BCUT2D eigenvalue weighted by Gasteiger charge is 2.15. The van der Waals surface area contributed by atoms with Crippen molar-refractivity contribution in [2.24, 2.45) is 5.92 Å². The van der Waals surface area contributed by atoms with Crippen LogP contribution in [0.3, 0.4) is 0 Å². The fourth-order valence-corrected chi connectivity index (χ4v) is 8.79. The minimum Gasteiger partial charge on any atom is -0.462 e. The molecule has 0 aromatic rings. The molecule has 0 aliphatic rings. The van der Waals surface area contributed by atoms with Crippen molar-refractivity contribution in [3.8, 4) is 0 Å². The van der Waals surface area contributed by atoms with Crippen molar-refractivity contribution in [2.45, 2.75) is 279 Å². The summed E-state index contributed by atoms with van der Waals surface area (Å²) in [5, 5.41) is 0. The van der Waals surface area contributed by atoms with Gasteiger partial charge in [-0.05, 0) is 116 Å². The highest BCUT2D eigenvalue weighted by molar-refractivity contribution is 5.69. The number of esters is 1. The maximum atomic E-state index is 12.9. The summed E-state index contributed by atoms with van der Waals surface area (Å²) < 4.78 is 6.08. The van der Waals surface area contributed by atoms with Crippen LogP contribution in [0.2, 0.25) is 0 Å². The van der Waals surface area contributed by atoms with Gasteiger partial charge < -0.3 is 14.5 Å². The van der Waals surface area contributed by atoms with Gasteiger partial charge in [0.1, 0.15) is 6.10 Å². The SMILES string of the molecule is C=C(CCCCCCN(CCCCCCC(=O)OC(CCCCCC)CCCCCCCC)CCCN(/C=C\C)CC)CC(CCCCCC)CCCCCCCC. The lowest BCUT2D eigenvalue weighted by Gasteiger charge is -2.25. The number of hydrogen-bond donors (Lipinski definition) is 0. The number of allylic oxidation sites excluding steroid dienone is 2. The van der Waals surface area contributed by atoms with E-state index in [1.54, 1.807) is 0 Å². The molecule has 0 aromatic carbocycles. The quantitative estimate of drug-likeness (QED) is 0.0348. The molecule has 344 valence electrons. The van der Waals surface area contributed by atoms with Crippen molar-refractivity contribution in [1.82, 2.24) is 9.80 Å². The van der Waals surface area contributed by atoms with Crippen molar-refractivity contribution >= 4 is 5.97 Å². The van der Waals surface area contributed by atoms with Gasteiger partial charge in [-0.3, -0.25) is 4.79 Å². The summed E-state index contributed by atoms with van der Waals surface area (Å²) in [7, 11) is 0. The van der Waals surface area contributed by atoms with Crippen LogP contribution in [-0.2, 0) is 9.53 Å². The van der Waals surface area contributed by atoms with Crippen molar-refractivity contribution in [1.29, 1.82) is 0 Å². The van der Waals surface area contributed by atoms with Crippen LogP contribution in [-0.4, -0.2) is 54.6 Å². The van der Waals surface area contributed by atoms with E-state index in [-0.39, 0.29) is 12.1 Å². The third kappa shape index (κ3) is 38.9. The standard InChI is InChI=1S/C54H106N2O2/c1-8-14-18-22-24-32-41-52(40-31-20-16-10-3)50-51(7)39-30-26-28-36-46-56(49-38-48-55(13-6)45-12-5)47-37-29-27-35-44-54(57)58-53(42-33-21-17-11-4)43-34-25-23-19-15-9-2/h12,45,52-53H,7-11,13-44,46-50H2,1-6H3/b45-12-. The van der Waals surface area contributed by atoms with E-state index < -0.39 is 0 Å². The lowest BCUT2D eigenvalue weighted by molar-refractivity contribution is -0.150. The highest BCUT2D eigenvalue weighted by atomic mass is 16.5. The zero-order valence-electron chi connectivity index (χ0n) is 40.7. The Bertz CT molecular complexity index is 828. The number of hydrogen-bond acceptors (Lipinski definition) is 4. The minimum absolute atomic E-state index is 0.0497. The van der Waals surface area contributed by atoms with Crippen LogP contribution in [0, 0.1) is 5.92 Å². The number of rotatable bonds is 47. The van der Waals surface area contributed by atoms with Crippen molar-refractivity contribution in [3.05, 3.63) is 24.4 Å². The average molecular weight is 815 g/mol. The van der Waals surface area contributed by atoms with Crippen LogP contribution in [0.25, 0.3) is 0 Å². The Morgan fingerprint density at radius 3 is 1.41 bits per heavy atom. The Kier molecular flexibility index (Phi) is 44.2. The van der Waals surface area contributed by atoms with Gasteiger partial charge in [-0.2, -0.15) is 0 Å². The van der Waals surface area contributed by atoms with Crippen molar-refractivity contribution in [2.75, 3.05) is 32.7 Å². The van der Waals surface area contributed by atoms with Gasteiger partial charge in [-0.1, -0.05) is 200 Å². The van der Waals surface area contributed by atoms with Crippen molar-refractivity contribution in [3.63, 3.8) is 0 Å². The van der Waals surface area contributed by atoms with E-state index in [0.29, 0.717) is 6.42 Å². The second-order valence-corrected chi connectivity index (χ2v) is 18.4. The first-order valence-corrected chi connectivity index (χ1v) is 26.4. The summed E-state index contributed by atoms with van der Waals surface area (Å²) in [5.41, 5.74) is 1.53. The zero-order chi connectivity index (χ0) is 42.6. The van der Waals surface area contributed by atoms with Crippen LogP contribution in [0.1, 0.15) is 273 Å². The summed E-state index contributed by atoms with van der Waals surface area (Å²) in [4.78, 5) is 18.1. The van der Waals surface area contributed by atoms with Crippen molar-refractivity contribution < 1.29 is 9.53 Å². The summed E-state index contributed by atoms with van der Waals surface area (Å²) in [6, 6.07) is 0. The number of carbonyl (C=O) groups is 1. The fraction of sp³-hybridized carbons (Fsp3) is 0.907. The predicted molar refractivity (Wildman–Crippen MR) is 260 cm³/mol. The summed E-state index contributed by atoms with van der Waals surface area (Å²) in [5.74, 6) is 0.917. The molecule has 4 heteroatoms. The topological polar surface area (TPSA) is 32.8 Å². The minimum atomic E-state index is 0.0497. The smallest absolute Gasteiger partial charge is 0.306 e. The molecule has 0 aliphatic carbocycles. The Labute approximate surface area is 365 Å². The molecule has 0 N–H and O–H groups in total. The lowest BCUT2D eigenvalue weighted by Crippen LogP contribution is -2.30. The average Bonchev–Trinajstić information content (AvgIpc) is 3.22. The van der Waals surface area contributed by atoms with Gasteiger partial charge in [0.15, 0.2) is 0 Å². The molecule has 58 heavy (non-hydrogen) atoms. The first kappa shape index (κ1) is 56.7. The van der Waals surface area contributed by atoms with E-state index in [4.69, 9.17) is 4.74 Å². The van der Waals surface area contributed by atoms with E-state index in [1.165, 1.54) is 224 Å². The molecule has 2 atom stereocenters. The zero-order valence-corrected chi connectivity index (χ0v) is 40.7. The van der Waals surface area contributed by atoms with Gasteiger partial charge in [0, 0.05) is 19.5 Å². The second kappa shape index (κ2) is 45.2. The second-order valence-electron chi connectivity index (χ2n) is 18.4. The molecule has 0 saturated heterocycles. The van der Waals surface area contributed by atoms with Gasteiger partial charge in [-0.15, -0.1) is 0 Å². The number of nitrogens with zero attached hydrogens (tertiary/aromatic N) is 2. The van der Waals surface area contributed by atoms with Gasteiger partial charge in [0.05, 0.1) is 0 Å². The first-order chi connectivity index (χ1) is 28.4. The number of ether oxygens (including phenoxy) is 1. The van der Waals surface area contributed by atoms with E-state index in [2.05, 4.69) is 70.2 Å². The predicted octanol–water partition coefficient (Wildman–Crippen LogP) is 17.4. The number of unbranched alkanes of at least 4 members (excludes halogenated alkanes) is 22. The third-order valence-electron chi connectivity index (χ3n) is 12.6. The largest absolute Gasteiger partial charge is 0.462 e. The maximum absolute atomic E-state index is 12.9. The van der Waals surface area contributed by atoms with E-state index >= 15 is 0 Å². The molecular formula is C54H106N2O2. The van der Waals surface area contributed by atoms with Crippen LogP contribution < -0.4 is 0 Å². The monoisotopic (exact) mass is 815 g/mol. The third-order valence-corrected chi connectivity index (χ3v) is 12.6. The molecule has 0 bridgehead atoms. The fourth-order valence-electron chi connectivity index (χ4n) is 8.79. The number of carbonyl (C=O) groups excluding carboxylic acids is 1. The van der Waals surface area contributed by atoms with E-state index in [1.807, 2.05) is 0 Å². The molecule has 0 aliphatic heterocycles. The molecule has 0 aromatic heterocycles. The molecule has 4 nitrogen and oxygen atoms in total. The molecular weight excluding hydrogens is 709 g/mol. The van der Waals surface area contributed by atoms with Gasteiger partial charge in [-0.25, -0.2) is 0 Å². The van der Waals surface area contributed by atoms with Crippen LogP contribution in [0.4, 0.5) is 0 Å². The van der Waals surface area contributed by atoms with E-state index in [9.17, 15) is 4.79 Å². The molecule has 0 radical (unpaired) electrons. The Hall–Kier alpha value is -1.29. The van der Waals surface area contributed by atoms with Crippen LogP contribution in [0.5, 0.6) is 0 Å². The summed E-state index contributed by atoms with van der Waals surface area (Å²) in [6.07, 6.45) is 50.5. The summed E-state index contributed by atoms with van der Waals surface area (Å²) in [6.45, 7) is 24.0. The molecule has 0 heterocycles.